The molecule has 2 aliphatic rings. The van der Waals surface area contributed by atoms with Gasteiger partial charge in [-0.25, -0.2) is 22.2 Å². The van der Waals surface area contributed by atoms with E-state index in [4.69, 9.17) is 5.10 Å². The van der Waals surface area contributed by atoms with Crippen LogP contribution >= 0.6 is 0 Å². The topological polar surface area (TPSA) is 89.0 Å². The molecule has 0 amide bonds. The molecule has 0 aliphatic heterocycles. The minimum atomic E-state index is -2.61. The summed E-state index contributed by atoms with van der Waals surface area (Å²) < 4.78 is 46.0. The highest BCUT2D eigenvalue weighted by molar-refractivity contribution is 5.79. The molecular formula is C48H59F3N4O3. The highest BCUT2D eigenvalue weighted by atomic mass is 19.3. The van der Waals surface area contributed by atoms with Crippen molar-refractivity contribution in [3.8, 4) is 11.3 Å². The number of carbonyl (C=O) groups excluding carboxylic acids is 2. The Bertz CT molecular complexity index is 2260. The van der Waals surface area contributed by atoms with Crippen molar-refractivity contribution < 1.29 is 27.9 Å². The molecule has 1 N–H and O–H groups in total. The fraction of sp³-hybridized carbons (Fsp3) is 0.542. The van der Waals surface area contributed by atoms with Gasteiger partial charge in [0.1, 0.15) is 23.1 Å². The highest BCUT2D eigenvalue weighted by Gasteiger charge is 2.31. The number of nitrogens with zero attached hydrogens (tertiary/aromatic N) is 4. The van der Waals surface area contributed by atoms with Gasteiger partial charge in [0.2, 0.25) is 0 Å². The molecule has 4 aromatic heterocycles. The smallest absolute Gasteiger partial charge is 0.280 e. The van der Waals surface area contributed by atoms with Crippen molar-refractivity contribution in [2.24, 2.45) is 5.41 Å². The van der Waals surface area contributed by atoms with Gasteiger partial charge in [0.25, 0.3) is 6.43 Å². The van der Waals surface area contributed by atoms with E-state index >= 15 is 0 Å². The molecule has 0 spiro atoms. The number of aryl methyl sites for hydroxylation is 2. The number of unbranched alkanes of at least 4 members (excludes halogenated alkanes) is 2. The first kappa shape index (κ1) is 41.8. The summed E-state index contributed by atoms with van der Waals surface area (Å²) in [5.41, 5.74) is 7.24. The van der Waals surface area contributed by atoms with Crippen molar-refractivity contribution in [1.29, 1.82) is 0 Å². The fourth-order valence-corrected chi connectivity index (χ4v) is 9.27. The summed E-state index contributed by atoms with van der Waals surface area (Å²) >= 11 is 0. The van der Waals surface area contributed by atoms with E-state index in [-0.39, 0.29) is 29.5 Å². The van der Waals surface area contributed by atoms with Gasteiger partial charge in [-0.05, 0) is 150 Å². The third-order valence-electron chi connectivity index (χ3n) is 12.4. The van der Waals surface area contributed by atoms with E-state index in [1.807, 2.05) is 22.7 Å². The van der Waals surface area contributed by atoms with Gasteiger partial charge in [0.15, 0.2) is 0 Å². The van der Waals surface area contributed by atoms with Crippen LogP contribution in [0.2, 0.25) is 0 Å². The average molecular weight is 797 g/mol. The standard InChI is InChI=1S/C48H59F3N4O3/c1-47(2,29-35(56)17-5-7-20-39-45(32-15-10-16-32)42-23-12-24-43(46(50)51)55(42)53-39)28-33-27-34(49)25-26-37(33)40-21-11-22-41-44(31-13-9-14-31)38(52-54(40)41)19-8-6-18-36(57)30-48(3,4)58/h11-12,21-27,31-32,46,58H,5-10,13-20,28-30H2,1-4H3. The van der Waals surface area contributed by atoms with Gasteiger partial charge in [0, 0.05) is 42.4 Å². The number of Topliss-reactive ketones (excluding diaryl/α,β-unsaturated/α-hetero) is 2. The molecule has 310 valence electrons. The van der Waals surface area contributed by atoms with E-state index in [0.717, 1.165) is 103 Å². The number of alkyl halides is 2. The maximum atomic E-state index is 15.0. The SMILES string of the molecule is CC(C)(O)CC(=O)CCCCc1nn2c(-c3ccc(F)cc3CC(C)(C)CC(=O)CCCCc3nn4c(C(F)F)cccc4c3C3CCC3)cccc2c1C1CCC1. The molecule has 0 saturated heterocycles. The van der Waals surface area contributed by atoms with Crippen LogP contribution < -0.4 is 0 Å². The van der Waals surface area contributed by atoms with Crippen LogP contribution in [0.1, 0.15) is 170 Å². The Morgan fingerprint density at radius 3 is 1.86 bits per heavy atom. The first-order chi connectivity index (χ1) is 27.7. The lowest BCUT2D eigenvalue weighted by Crippen LogP contribution is -2.23. The molecule has 1 aromatic carbocycles. The third kappa shape index (κ3) is 9.59. The second-order valence-corrected chi connectivity index (χ2v) is 18.5. The Labute approximate surface area is 340 Å². The summed E-state index contributed by atoms with van der Waals surface area (Å²) in [6.07, 6.45) is 10.3. The first-order valence-electron chi connectivity index (χ1n) is 21.5. The summed E-state index contributed by atoms with van der Waals surface area (Å²) in [6, 6.07) is 16.1. The van der Waals surface area contributed by atoms with Gasteiger partial charge >= 0.3 is 0 Å². The minimum Gasteiger partial charge on any atom is -0.390 e. The third-order valence-corrected chi connectivity index (χ3v) is 12.4. The summed E-state index contributed by atoms with van der Waals surface area (Å²) in [6.45, 7) is 7.45. The van der Waals surface area contributed by atoms with E-state index in [0.29, 0.717) is 50.4 Å². The van der Waals surface area contributed by atoms with Crippen LogP contribution in [0, 0.1) is 11.2 Å². The predicted octanol–water partition coefficient (Wildman–Crippen LogP) is 11.6. The normalized spacial score (nSPS) is 15.4. The number of carbonyl (C=O) groups is 2. The van der Waals surface area contributed by atoms with Gasteiger partial charge in [0.05, 0.1) is 33.7 Å². The summed E-state index contributed by atoms with van der Waals surface area (Å²) in [5, 5.41) is 19.9. The van der Waals surface area contributed by atoms with Crippen LogP contribution in [0.25, 0.3) is 22.3 Å². The zero-order valence-corrected chi connectivity index (χ0v) is 34.6. The number of rotatable bonds is 20. The Balaban J connectivity index is 1.02. The molecule has 2 saturated carbocycles. The molecule has 0 radical (unpaired) electrons. The quantitative estimate of drug-likeness (QED) is 0.0792. The number of hydrogen-bond acceptors (Lipinski definition) is 5. The molecule has 5 aromatic rings. The van der Waals surface area contributed by atoms with Crippen LogP contribution in [0.3, 0.4) is 0 Å². The predicted molar refractivity (Wildman–Crippen MR) is 222 cm³/mol. The number of aromatic nitrogens is 4. The monoisotopic (exact) mass is 796 g/mol. The van der Waals surface area contributed by atoms with Crippen molar-refractivity contribution in [3.05, 3.63) is 94.2 Å². The van der Waals surface area contributed by atoms with E-state index in [1.54, 1.807) is 26.0 Å². The van der Waals surface area contributed by atoms with E-state index in [1.165, 1.54) is 28.6 Å². The molecular weight excluding hydrogens is 738 g/mol. The second-order valence-electron chi connectivity index (χ2n) is 18.5. The Morgan fingerprint density at radius 2 is 1.31 bits per heavy atom. The van der Waals surface area contributed by atoms with Crippen molar-refractivity contribution in [2.75, 3.05) is 0 Å². The molecule has 0 bridgehead atoms. The molecule has 2 fully saturated rings. The maximum absolute atomic E-state index is 15.0. The number of benzene rings is 1. The molecule has 4 heterocycles. The number of aliphatic hydroxyl groups is 1. The van der Waals surface area contributed by atoms with Gasteiger partial charge in [-0.3, -0.25) is 9.59 Å². The zero-order valence-electron chi connectivity index (χ0n) is 34.6. The Morgan fingerprint density at radius 1 is 0.759 bits per heavy atom. The summed E-state index contributed by atoms with van der Waals surface area (Å²) in [5.74, 6) is 0.700. The van der Waals surface area contributed by atoms with E-state index in [9.17, 15) is 27.9 Å². The number of pyridine rings is 2. The van der Waals surface area contributed by atoms with Crippen molar-refractivity contribution in [1.82, 2.24) is 19.2 Å². The summed E-state index contributed by atoms with van der Waals surface area (Å²) in [4.78, 5) is 25.9. The van der Waals surface area contributed by atoms with Crippen molar-refractivity contribution in [2.45, 2.75) is 161 Å². The fourth-order valence-electron chi connectivity index (χ4n) is 9.27. The zero-order chi connectivity index (χ0) is 41.2. The number of ketones is 2. The minimum absolute atomic E-state index is 0.0730. The van der Waals surface area contributed by atoms with E-state index in [2.05, 4.69) is 31.1 Å². The molecule has 10 heteroatoms. The van der Waals surface area contributed by atoms with Gasteiger partial charge < -0.3 is 5.11 Å². The molecule has 7 rings (SSSR count). The molecule has 0 atom stereocenters. The second kappa shape index (κ2) is 17.5. The van der Waals surface area contributed by atoms with Crippen molar-refractivity contribution in [3.63, 3.8) is 0 Å². The van der Waals surface area contributed by atoms with Gasteiger partial charge in [-0.2, -0.15) is 10.2 Å². The molecule has 2 aliphatic carbocycles. The van der Waals surface area contributed by atoms with Crippen LogP contribution in [0.5, 0.6) is 0 Å². The molecule has 7 nitrogen and oxygen atoms in total. The van der Waals surface area contributed by atoms with Crippen molar-refractivity contribution >= 4 is 22.6 Å². The van der Waals surface area contributed by atoms with Gasteiger partial charge in [-0.15, -0.1) is 0 Å². The van der Waals surface area contributed by atoms with Crippen LogP contribution in [-0.4, -0.2) is 41.5 Å². The lowest BCUT2D eigenvalue weighted by molar-refractivity contribution is -0.123. The number of hydrogen-bond donors (Lipinski definition) is 1. The maximum Gasteiger partial charge on any atom is 0.280 e. The lowest BCUT2D eigenvalue weighted by Gasteiger charge is -2.26. The summed E-state index contributed by atoms with van der Waals surface area (Å²) in [7, 11) is 0. The average Bonchev–Trinajstić information content (AvgIpc) is 3.64. The number of halogens is 3. The lowest BCUT2D eigenvalue weighted by atomic mass is 9.78. The van der Waals surface area contributed by atoms with Crippen LogP contribution in [0.4, 0.5) is 13.2 Å². The Kier molecular flexibility index (Phi) is 12.6. The highest BCUT2D eigenvalue weighted by Crippen LogP contribution is 2.43. The molecule has 0 unspecified atom stereocenters. The molecule has 58 heavy (non-hydrogen) atoms. The van der Waals surface area contributed by atoms with Crippen LogP contribution in [-0.2, 0) is 28.9 Å². The number of fused-ring (bicyclic) bond motifs is 2. The van der Waals surface area contributed by atoms with Gasteiger partial charge in [-0.1, -0.05) is 38.8 Å². The van der Waals surface area contributed by atoms with E-state index < -0.39 is 17.4 Å². The van der Waals surface area contributed by atoms with Crippen LogP contribution in [0.15, 0.2) is 54.6 Å². The first-order valence-corrected chi connectivity index (χ1v) is 21.5. The largest absolute Gasteiger partial charge is 0.390 e. The Hall–Kier alpha value is -4.31.